The van der Waals surface area contributed by atoms with Gasteiger partial charge in [-0.3, -0.25) is 10.2 Å². The van der Waals surface area contributed by atoms with Crippen LogP contribution in [0.15, 0.2) is 48.5 Å². The van der Waals surface area contributed by atoms with Gasteiger partial charge in [0.15, 0.2) is 0 Å². The number of carbonyl (C=O) groups is 1. The molecule has 2 unspecified atom stereocenters. The SMILES string of the molecule is COc1ccc(C2NNCC2CN2CCC(=O)N(Cc3cccc(C)c3)CC2)cc1. The van der Waals surface area contributed by atoms with E-state index in [-0.39, 0.29) is 11.9 Å². The summed E-state index contributed by atoms with van der Waals surface area (Å²) < 4.78 is 5.28. The molecular weight excluding hydrogens is 376 g/mol. The Morgan fingerprint density at radius 3 is 2.70 bits per heavy atom. The molecule has 0 radical (unpaired) electrons. The molecule has 2 aromatic carbocycles. The number of nitrogens with one attached hydrogen (secondary N) is 2. The molecule has 2 aliphatic heterocycles. The number of methoxy groups -OCH3 is 1. The van der Waals surface area contributed by atoms with Crippen molar-refractivity contribution in [3.63, 3.8) is 0 Å². The van der Waals surface area contributed by atoms with Crippen molar-refractivity contribution in [2.45, 2.75) is 25.9 Å². The lowest BCUT2D eigenvalue weighted by Crippen LogP contribution is -2.36. The zero-order chi connectivity index (χ0) is 20.9. The molecule has 30 heavy (non-hydrogen) atoms. The molecule has 4 rings (SSSR count). The molecule has 0 saturated carbocycles. The van der Waals surface area contributed by atoms with Crippen molar-refractivity contribution < 1.29 is 9.53 Å². The summed E-state index contributed by atoms with van der Waals surface area (Å²) in [6, 6.07) is 17.0. The molecule has 2 aliphatic rings. The van der Waals surface area contributed by atoms with Gasteiger partial charge in [0.05, 0.1) is 13.2 Å². The van der Waals surface area contributed by atoms with Crippen molar-refractivity contribution in [2.24, 2.45) is 5.92 Å². The Morgan fingerprint density at radius 1 is 1.10 bits per heavy atom. The first kappa shape index (κ1) is 20.8. The molecule has 2 N–H and O–H groups in total. The number of carbonyl (C=O) groups excluding carboxylic acids is 1. The second-order valence-electron chi connectivity index (χ2n) is 8.39. The lowest BCUT2D eigenvalue weighted by molar-refractivity contribution is -0.130. The maximum Gasteiger partial charge on any atom is 0.224 e. The summed E-state index contributed by atoms with van der Waals surface area (Å²) in [4.78, 5) is 17.2. The molecule has 6 heteroatoms. The molecule has 160 valence electrons. The first-order valence-electron chi connectivity index (χ1n) is 10.8. The van der Waals surface area contributed by atoms with Crippen molar-refractivity contribution in [2.75, 3.05) is 39.8 Å². The standard InChI is InChI=1S/C24H32N4O2/c1-18-4-3-5-19(14-18)16-28-13-12-27(11-10-23(28)29)17-21-15-25-26-24(21)20-6-8-22(30-2)9-7-20/h3-9,14,21,24-26H,10-13,15-17H2,1-2H3. The van der Waals surface area contributed by atoms with E-state index < -0.39 is 0 Å². The van der Waals surface area contributed by atoms with Gasteiger partial charge in [-0.1, -0.05) is 42.0 Å². The van der Waals surface area contributed by atoms with E-state index in [0.717, 1.165) is 38.5 Å². The van der Waals surface area contributed by atoms with Crippen LogP contribution in [0.25, 0.3) is 0 Å². The first-order chi connectivity index (χ1) is 14.6. The Labute approximate surface area is 179 Å². The second-order valence-corrected chi connectivity index (χ2v) is 8.39. The summed E-state index contributed by atoms with van der Waals surface area (Å²) in [6.07, 6.45) is 0.590. The van der Waals surface area contributed by atoms with Gasteiger partial charge in [0.25, 0.3) is 0 Å². The number of ether oxygens (including phenoxy) is 1. The van der Waals surface area contributed by atoms with Crippen LogP contribution >= 0.6 is 0 Å². The normalized spacial score (nSPS) is 22.9. The van der Waals surface area contributed by atoms with Gasteiger partial charge in [0.1, 0.15) is 5.75 Å². The molecule has 2 fully saturated rings. The summed E-state index contributed by atoms with van der Waals surface area (Å²) in [5.74, 6) is 1.59. The lowest BCUT2D eigenvalue weighted by atomic mass is 9.94. The smallest absolute Gasteiger partial charge is 0.224 e. The summed E-state index contributed by atoms with van der Waals surface area (Å²) >= 11 is 0. The Kier molecular flexibility index (Phi) is 6.67. The monoisotopic (exact) mass is 408 g/mol. The number of hydrogen-bond donors (Lipinski definition) is 2. The lowest BCUT2D eigenvalue weighted by Gasteiger charge is -2.27. The first-order valence-corrected chi connectivity index (χ1v) is 10.8. The van der Waals surface area contributed by atoms with Gasteiger partial charge >= 0.3 is 0 Å². The van der Waals surface area contributed by atoms with Gasteiger partial charge in [0, 0.05) is 51.6 Å². The molecule has 0 aromatic heterocycles. The predicted octanol–water partition coefficient (Wildman–Crippen LogP) is 2.50. The number of amides is 1. The molecule has 1 amide bonds. The second kappa shape index (κ2) is 9.60. The third-order valence-electron chi connectivity index (χ3n) is 6.20. The minimum atomic E-state index is 0.258. The highest BCUT2D eigenvalue weighted by Gasteiger charge is 2.31. The van der Waals surface area contributed by atoms with Crippen LogP contribution < -0.4 is 15.6 Å². The zero-order valence-corrected chi connectivity index (χ0v) is 17.9. The van der Waals surface area contributed by atoms with E-state index in [1.807, 2.05) is 17.0 Å². The largest absolute Gasteiger partial charge is 0.497 e. The van der Waals surface area contributed by atoms with Crippen LogP contribution in [-0.2, 0) is 11.3 Å². The van der Waals surface area contributed by atoms with E-state index in [0.29, 0.717) is 18.9 Å². The van der Waals surface area contributed by atoms with Gasteiger partial charge in [0.2, 0.25) is 5.91 Å². The minimum Gasteiger partial charge on any atom is -0.497 e. The number of rotatable bonds is 6. The van der Waals surface area contributed by atoms with Crippen molar-refractivity contribution in [1.82, 2.24) is 20.7 Å². The van der Waals surface area contributed by atoms with E-state index in [2.05, 4.69) is 59.1 Å². The number of hydrogen-bond acceptors (Lipinski definition) is 5. The van der Waals surface area contributed by atoms with E-state index in [4.69, 9.17) is 4.74 Å². The van der Waals surface area contributed by atoms with Gasteiger partial charge in [-0.15, -0.1) is 0 Å². The summed E-state index contributed by atoms with van der Waals surface area (Å²) in [6.45, 7) is 7.23. The van der Waals surface area contributed by atoms with Gasteiger partial charge in [-0.05, 0) is 30.2 Å². The predicted molar refractivity (Wildman–Crippen MR) is 118 cm³/mol. The molecule has 2 atom stereocenters. The van der Waals surface area contributed by atoms with Crippen LogP contribution in [0.5, 0.6) is 5.75 Å². The van der Waals surface area contributed by atoms with Crippen LogP contribution in [0.4, 0.5) is 0 Å². The fraction of sp³-hybridized carbons (Fsp3) is 0.458. The summed E-state index contributed by atoms with van der Waals surface area (Å²) in [5, 5.41) is 0. The van der Waals surface area contributed by atoms with Crippen LogP contribution in [0.2, 0.25) is 0 Å². The quantitative estimate of drug-likeness (QED) is 0.769. The molecule has 0 aliphatic carbocycles. The molecule has 0 spiro atoms. The Balaban J connectivity index is 1.36. The highest BCUT2D eigenvalue weighted by molar-refractivity contribution is 5.76. The van der Waals surface area contributed by atoms with Crippen molar-refractivity contribution in [1.29, 1.82) is 0 Å². The topological polar surface area (TPSA) is 56.8 Å². The number of hydrazine groups is 1. The van der Waals surface area contributed by atoms with E-state index in [1.165, 1.54) is 16.7 Å². The third-order valence-corrected chi connectivity index (χ3v) is 6.20. The van der Waals surface area contributed by atoms with Crippen molar-refractivity contribution in [3.8, 4) is 5.75 Å². The highest BCUT2D eigenvalue weighted by Crippen LogP contribution is 2.27. The van der Waals surface area contributed by atoms with Crippen LogP contribution in [0, 0.1) is 12.8 Å². The Bertz CT molecular complexity index is 855. The van der Waals surface area contributed by atoms with E-state index in [1.54, 1.807) is 7.11 Å². The van der Waals surface area contributed by atoms with E-state index in [9.17, 15) is 4.79 Å². The number of benzene rings is 2. The van der Waals surface area contributed by atoms with Crippen LogP contribution in [0.3, 0.4) is 0 Å². The molecule has 6 nitrogen and oxygen atoms in total. The molecule has 2 heterocycles. The summed E-state index contributed by atoms with van der Waals surface area (Å²) in [5.41, 5.74) is 10.5. The fourth-order valence-corrected chi connectivity index (χ4v) is 4.50. The zero-order valence-electron chi connectivity index (χ0n) is 17.9. The highest BCUT2D eigenvalue weighted by atomic mass is 16.5. The van der Waals surface area contributed by atoms with Crippen molar-refractivity contribution >= 4 is 5.91 Å². The van der Waals surface area contributed by atoms with Gasteiger partial charge in [-0.25, -0.2) is 5.43 Å². The van der Waals surface area contributed by atoms with Crippen LogP contribution in [-0.4, -0.2) is 55.5 Å². The third kappa shape index (κ3) is 5.01. The van der Waals surface area contributed by atoms with Gasteiger partial charge in [-0.2, -0.15) is 0 Å². The molecule has 2 saturated heterocycles. The maximum absolute atomic E-state index is 12.7. The fourth-order valence-electron chi connectivity index (χ4n) is 4.50. The molecule has 0 bridgehead atoms. The Hall–Kier alpha value is -2.41. The molecule has 2 aromatic rings. The summed E-state index contributed by atoms with van der Waals surface area (Å²) in [7, 11) is 1.69. The average molecular weight is 409 g/mol. The minimum absolute atomic E-state index is 0.258. The molecular formula is C24H32N4O2. The van der Waals surface area contributed by atoms with Crippen LogP contribution in [0.1, 0.15) is 29.2 Å². The average Bonchev–Trinajstić information content (AvgIpc) is 3.15. The van der Waals surface area contributed by atoms with Gasteiger partial charge < -0.3 is 14.5 Å². The number of aryl methyl sites for hydroxylation is 1. The number of nitrogens with zero attached hydrogens (tertiary/aromatic N) is 2. The Morgan fingerprint density at radius 2 is 1.93 bits per heavy atom. The van der Waals surface area contributed by atoms with E-state index >= 15 is 0 Å². The maximum atomic E-state index is 12.7. The van der Waals surface area contributed by atoms with Crippen molar-refractivity contribution in [3.05, 3.63) is 65.2 Å².